The molecule has 102 valence electrons. The van der Waals surface area contributed by atoms with E-state index in [0.717, 1.165) is 23.0 Å². The molecule has 5 heteroatoms. The molecule has 0 saturated heterocycles. The van der Waals surface area contributed by atoms with Gasteiger partial charge in [0.2, 0.25) is 0 Å². The van der Waals surface area contributed by atoms with Crippen LogP contribution in [0.15, 0.2) is 24.3 Å². The fraction of sp³-hybridized carbons (Fsp3) is 0.429. The minimum atomic E-state index is -0.0830. The van der Waals surface area contributed by atoms with E-state index in [4.69, 9.17) is 11.6 Å². The average molecular weight is 280 g/mol. The summed E-state index contributed by atoms with van der Waals surface area (Å²) >= 11 is 5.88. The van der Waals surface area contributed by atoms with Gasteiger partial charge in [-0.2, -0.15) is 0 Å². The van der Waals surface area contributed by atoms with E-state index in [2.05, 4.69) is 24.0 Å². The van der Waals surface area contributed by atoms with Crippen molar-refractivity contribution in [2.24, 2.45) is 5.92 Å². The molecule has 1 N–H and O–H groups in total. The van der Waals surface area contributed by atoms with E-state index < -0.39 is 0 Å². The van der Waals surface area contributed by atoms with Gasteiger partial charge in [0, 0.05) is 18.0 Å². The van der Waals surface area contributed by atoms with Crippen molar-refractivity contribution >= 4 is 11.6 Å². The number of aromatic nitrogens is 3. The molecule has 0 bridgehead atoms. The van der Waals surface area contributed by atoms with Crippen LogP contribution in [0.1, 0.15) is 31.1 Å². The van der Waals surface area contributed by atoms with Crippen molar-refractivity contribution in [3.05, 3.63) is 46.5 Å². The fourth-order valence-corrected chi connectivity index (χ4v) is 2.11. The monoisotopic (exact) mass is 279 g/mol. The van der Waals surface area contributed by atoms with E-state index in [0.29, 0.717) is 18.2 Å². The second-order valence-corrected chi connectivity index (χ2v) is 5.43. The lowest BCUT2D eigenvalue weighted by atomic mass is 10.1. The molecular weight excluding hydrogens is 262 g/mol. The zero-order valence-electron chi connectivity index (χ0n) is 11.2. The molecule has 1 aromatic carbocycles. The number of nitrogens with zero attached hydrogens (tertiary/aromatic N) is 3. The summed E-state index contributed by atoms with van der Waals surface area (Å²) in [6.45, 7) is 4.99. The Morgan fingerprint density at radius 1 is 1.16 bits per heavy atom. The van der Waals surface area contributed by atoms with Gasteiger partial charge < -0.3 is 9.67 Å². The molecule has 0 spiro atoms. The topological polar surface area (TPSA) is 50.9 Å². The van der Waals surface area contributed by atoms with Crippen LogP contribution in [0.3, 0.4) is 0 Å². The lowest BCUT2D eigenvalue weighted by Gasteiger charge is -2.11. The molecule has 1 aromatic heterocycles. The van der Waals surface area contributed by atoms with Gasteiger partial charge in [-0.15, -0.1) is 10.2 Å². The first-order valence-corrected chi connectivity index (χ1v) is 6.74. The maximum atomic E-state index is 9.31. The van der Waals surface area contributed by atoms with Gasteiger partial charge in [-0.1, -0.05) is 37.6 Å². The van der Waals surface area contributed by atoms with Gasteiger partial charge in [-0.3, -0.25) is 0 Å². The average Bonchev–Trinajstić information content (AvgIpc) is 2.74. The van der Waals surface area contributed by atoms with Crippen LogP contribution >= 0.6 is 11.6 Å². The predicted molar refractivity (Wildman–Crippen MR) is 75.0 cm³/mol. The summed E-state index contributed by atoms with van der Waals surface area (Å²) in [7, 11) is 0. The van der Waals surface area contributed by atoms with Crippen molar-refractivity contribution in [3.8, 4) is 0 Å². The Kier molecular flexibility index (Phi) is 4.56. The standard InChI is InChI=1S/C14H18ClN3O/c1-10(2)8-18-13(16-17-14(18)9-19)7-11-3-5-12(15)6-4-11/h3-6,10,19H,7-9H2,1-2H3. The van der Waals surface area contributed by atoms with Gasteiger partial charge in [-0.25, -0.2) is 0 Å². The first-order chi connectivity index (χ1) is 9.10. The normalized spacial score (nSPS) is 11.2. The van der Waals surface area contributed by atoms with Crippen LogP contribution in [0.2, 0.25) is 5.02 Å². The van der Waals surface area contributed by atoms with Crippen LogP contribution in [0.25, 0.3) is 0 Å². The van der Waals surface area contributed by atoms with Gasteiger partial charge in [0.1, 0.15) is 12.4 Å². The van der Waals surface area contributed by atoms with Gasteiger partial charge in [0.15, 0.2) is 5.82 Å². The number of hydrogen-bond acceptors (Lipinski definition) is 3. The molecule has 19 heavy (non-hydrogen) atoms. The Labute approximate surface area is 118 Å². The van der Waals surface area contributed by atoms with Crippen molar-refractivity contribution in [2.45, 2.75) is 33.4 Å². The molecule has 4 nitrogen and oxygen atoms in total. The van der Waals surface area contributed by atoms with Crippen molar-refractivity contribution in [2.75, 3.05) is 0 Å². The summed E-state index contributed by atoms with van der Waals surface area (Å²) in [5, 5.41) is 18.2. The zero-order valence-corrected chi connectivity index (χ0v) is 11.9. The SMILES string of the molecule is CC(C)Cn1c(CO)nnc1Cc1ccc(Cl)cc1. The minimum absolute atomic E-state index is 0.0830. The van der Waals surface area contributed by atoms with E-state index in [-0.39, 0.29) is 6.61 Å². The van der Waals surface area contributed by atoms with Gasteiger partial charge in [0.05, 0.1) is 0 Å². The third-order valence-corrected chi connectivity index (χ3v) is 3.12. The Morgan fingerprint density at radius 3 is 2.37 bits per heavy atom. The van der Waals surface area contributed by atoms with Crippen molar-refractivity contribution < 1.29 is 5.11 Å². The fourth-order valence-electron chi connectivity index (χ4n) is 1.98. The Balaban J connectivity index is 2.24. The second-order valence-electron chi connectivity index (χ2n) is 5.00. The largest absolute Gasteiger partial charge is 0.388 e. The van der Waals surface area contributed by atoms with Crippen LogP contribution in [0, 0.1) is 5.92 Å². The second kappa shape index (κ2) is 6.17. The number of rotatable bonds is 5. The predicted octanol–water partition coefficient (Wildman–Crippen LogP) is 2.67. The third-order valence-electron chi connectivity index (χ3n) is 2.87. The van der Waals surface area contributed by atoms with E-state index >= 15 is 0 Å². The van der Waals surface area contributed by atoms with Crippen LogP contribution in [0.5, 0.6) is 0 Å². The molecule has 0 aliphatic heterocycles. The van der Waals surface area contributed by atoms with Crippen LogP contribution < -0.4 is 0 Å². The molecule has 0 radical (unpaired) electrons. The first kappa shape index (κ1) is 14.0. The van der Waals surface area contributed by atoms with E-state index in [1.54, 1.807) is 0 Å². The summed E-state index contributed by atoms with van der Waals surface area (Å²) < 4.78 is 2.00. The number of aliphatic hydroxyl groups excluding tert-OH is 1. The molecule has 0 amide bonds. The maximum absolute atomic E-state index is 9.31. The maximum Gasteiger partial charge on any atom is 0.158 e. The van der Waals surface area contributed by atoms with E-state index in [1.807, 2.05) is 28.8 Å². The van der Waals surface area contributed by atoms with Gasteiger partial charge in [-0.05, 0) is 23.6 Å². The Hall–Kier alpha value is -1.39. The molecule has 1 heterocycles. The summed E-state index contributed by atoms with van der Waals surface area (Å²) in [5.74, 6) is 1.98. The highest BCUT2D eigenvalue weighted by Gasteiger charge is 2.12. The molecule has 0 unspecified atom stereocenters. The Morgan fingerprint density at radius 2 is 1.79 bits per heavy atom. The summed E-state index contributed by atoms with van der Waals surface area (Å²) in [6, 6.07) is 7.70. The zero-order chi connectivity index (χ0) is 13.8. The summed E-state index contributed by atoms with van der Waals surface area (Å²) in [4.78, 5) is 0. The van der Waals surface area contributed by atoms with Crippen molar-refractivity contribution in [1.82, 2.24) is 14.8 Å². The van der Waals surface area contributed by atoms with Crippen molar-refractivity contribution in [1.29, 1.82) is 0 Å². The highest BCUT2D eigenvalue weighted by molar-refractivity contribution is 6.30. The number of halogens is 1. The molecule has 2 aromatic rings. The molecule has 0 fully saturated rings. The smallest absolute Gasteiger partial charge is 0.158 e. The number of aliphatic hydroxyl groups is 1. The third kappa shape index (κ3) is 3.55. The molecule has 0 aliphatic rings. The molecule has 0 aliphatic carbocycles. The van der Waals surface area contributed by atoms with Crippen LogP contribution in [-0.4, -0.2) is 19.9 Å². The highest BCUT2D eigenvalue weighted by Crippen LogP contribution is 2.14. The number of hydrogen-bond donors (Lipinski definition) is 1. The molecule has 0 atom stereocenters. The lowest BCUT2D eigenvalue weighted by molar-refractivity contribution is 0.261. The quantitative estimate of drug-likeness (QED) is 0.915. The minimum Gasteiger partial charge on any atom is -0.388 e. The molecular formula is C14H18ClN3O. The van der Waals surface area contributed by atoms with Crippen LogP contribution in [-0.2, 0) is 19.6 Å². The van der Waals surface area contributed by atoms with E-state index in [1.165, 1.54) is 0 Å². The summed E-state index contributed by atoms with van der Waals surface area (Å²) in [6.07, 6.45) is 0.691. The van der Waals surface area contributed by atoms with Crippen molar-refractivity contribution in [3.63, 3.8) is 0 Å². The number of benzene rings is 1. The van der Waals surface area contributed by atoms with Gasteiger partial charge in [0.25, 0.3) is 0 Å². The van der Waals surface area contributed by atoms with Crippen LogP contribution in [0.4, 0.5) is 0 Å². The highest BCUT2D eigenvalue weighted by atomic mass is 35.5. The lowest BCUT2D eigenvalue weighted by Crippen LogP contribution is -2.12. The summed E-state index contributed by atoms with van der Waals surface area (Å²) in [5.41, 5.74) is 1.13. The van der Waals surface area contributed by atoms with Gasteiger partial charge >= 0.3 is 0 Å². The Bertz CT molecular complexity index is 534. The molecule has 0 saturated carbocycles. The molecule has 2 rings (SSSR count). The van der Waals surface area contributed by atoms with E-state index in [9.17, 15) is 5.11 Å². The first-order valence-electron chi connectivity index (χ1n) is 6.36.